The van der Waals surface area contributed by atoms with E-state index in [1.165, 1.54) is 0 Å². The molecule has 1 heterocycles. The number of hydrogen-bond acceptors (Lipinski definition) is 3. The number of alkyl halides is 1. The average Bonchev–Trinajstić information content (AvgIpc) is 2.29. The predicted octanol–water partition coefficient (Wildman–Crippen LogP) is 2.67. The van der Waals surface area contributed by atoms with E-state index in [0.717, 1.165) is 23.7 Å². The van der Waals surface area contributed by atoms with Crippen LogP contribution in [-0.4, -0.2) is 22.9 Å². The molecule has 1 rings (SSSR count). The van der Waals surface area contributed by atoms with Crippen LogP contribution in [0.1, 0.15) is 33.1 Å². The minimum atomic E-state index is -0.566. The number of hydrogen-bond donors (Lipinski definition) is 0. The van der Waals surface area contributed by atoms with Crippen molar-refractivity contribution in [2.75, 3.05) is 11.5 Å². The minimum Gasteiger partial charge on any atom is -0.351 e. The lowest BCUT2D eigenvalue weighted by atomic mass is 10.00. The third-order valence-electron chi connectivity index (χ3n) is 2.47. The van der Waals surface area contributed by atoms with Gasteiger partial charge >= 0.3 is 0 Å². The van der Waals surface area contributed by atoms with Crippen LogP contribution in [0.4, 0.5) is 0 Å². The van der Waals surface area contributed by atoms with Crippen LogP contribution in [0, 0.1) is 0 Å². The first kappa shape index (κ1) is 11.7. The van der Waals surface area contributed by atoms with E-state index in [-0.39, 0.29) is 5.60 Å². The van der Waals surface area contributed by atoms with E-state index in [0.29, 0.717) is 0 Å². The van der Waals surface area contributed by atoms with Crippen molar-refractivity contribution >= 4 is 22.6 Å². The summed E-state index contributed by atoms with van der Waals surface area (Å²) in [5.41, 5.74) is -0.156. The molecule has 13 heavy (non-hydrogen) atoms. The van der Waals surface area contributed by atoms with Crippen LogP contribution in [0.2, 0.25) is 0 Å². The molecule has 0 bridgehead atoms. The lowest BCUT2D eigenvalue weighted by molar-refractivity contribution is -0.445. The Morgan fingerprint density at radius 1 is 1.31 bits per heavy atom. The van der Waals surface area contributed by atoms with Crippen LogP contribution in [0.5, 0.6) is 0 Å². The van der Waals surface area contributed by atoms with E-state index in [1.54, 1.807) is 7.11 Å². The van der Waals surface area contributed by atoms with E-state index < -0.39 is 5.79 Å². The second-order valence-electron chi connectivity index (χ2n) is 3.94. The second-order valence-corrected chi connectivity index (χ2v) is 4.70. The van der Waals surface area contributed by atoms with Gasteiger partial charge in [0.15, 0.2) is 5.79 Å². The van der Waals surface area contributed by atoms with Crippen molar-refractivity contribution in [3.05, 3.63) is 0 Å². The van der Waals surface area contributed by atoms with Gasteiger partial charge in [-0.15, -0.1) is 0 Å². The summed E-state index contributed by atoms with van der Waals surface area (Å²) >= 11 is 2.32. The van der Waals surface area contributed by atoms with Crippen LogP contribution >= 0.6 is 22.6 Å². The molecule has 1 aliphatic rings. The topological polar surface area (TPSA) is 27.7 Å². The van der Waals surface area contributed by atoms with Gasteiger partial charge in [0.1, 0.15) is 5.60 Å². The molecule has 1 aliphatic heterocycles. The first-order valence-corrected chi connectivity index (χ1v) is 6.04. The lowest BCUT2D eigenvalue weighted by Gasteiger charge is -2.28. The first-order chi connectivity index (χ1) is 6.04. The fourth-order valence-electron chi connectivity index (χ4n) is 1.28. The molecule has 78 valence electrons. The van der Waals surface area contributed by atoms with Gasteiger partial charge in [-0.25, -0.2) is 9.78 Å². The third-order valence-corrected chi connectivity index (χ3v) is 4.08. The molecule has 3 nitrogen and oxygen atoms in total. The standard InChI is InChI=1S/C9H17IO3/c1-8(7-10)5-4-6-9(2,11-3)13-12-8/h4-7H2,1-3H3. The van der Waals surface area contributed by atoms with Crippen LogP contribution < -0.4 is 0 Å². The van der Waals surface area contributed by atoms with Crippen molar-refractivity contribution in [3.8, 4) is 0 Å². The Bertz CT molecular complexity index is 158. The molecule has 2 unspecified atom stereocenters. The molecule has 0 N–H and O–H groups in total. The van der Waals surface area contributed by atoms with E-state index in [9.17, 15) is 0 Å². The molecule has 0 spiro atoms. The van der Waals surface area contributed by atoms with E-state index in [4.69, 9.17) is 14.5 Å². The molecule has 0 aromatic heterocycles. The van der Waals surface area contributed by atoms with Gasteiger partial charge in [-0.05, 0) is 26.7 Å². The summed E-state index contributed by atoms with van der Waals surface area (Å²) < 4.78 is 6.18. The number of methoxy groups -OCH3 is 1. The van der Waals surface area contributed by atoms with Gasteiger partial charge in [-0.3, -0.25) is 0 Å². The van der Waals surface area contributed by atoms with Gasteiger partial charge < -0.3 is 4.74 Å². The Labute approximate surface area is 93.2 Å². The van der Waals surface area contributed by atoms with Crippen LogP contribution in [0.25, 0.3) is 0 Å². The molecule has 0 aliphatic carbocycles. The fraction of sp³-hybridized carbons (Fsp3) is 1.00. The summed E-state index contributed by atoms with van der Waals surface area (Å²) in [6.07, 6.45) is 2.98. The molecule has 0 aromatic carbocycles. The lowest BCUT2D eigenvalue weighted by Crippen LogP contribution is -2.34. The smallest absolute Gasteiger partial charge is 0.198 e. The molecule has 2 atom stereocenters. The number of rotatable bonds is 2. The maximum Gasteiger partial charge on any atom is 0.198 e. The highest BCUT2D eigenvalue weighted by Gasteiger charge is 2.36. The van der Waals surface area contributed by atoms with Crippen molar-refractivity contribution in [2.45, 2.75) is 44.5 Å². The molecule has 0 saturated carbocycles. The summed E-state index contributed by atoms with van der Waals surface area (Å²) in [7, 11) is 1.65. The molecular weight excluding hydrogens is 283 g/mol. The Hall–Kier alpha value is 0.610. The zero-order valence-corrected chi connectivity index (χ0v) is 10.6. The highest BCUT2D eigenvalue weighted by Crippen LogP contribution is 2.32. The highest BCUT2D eigenvalue weighted by molar-refractivity contribution is 14.1. The molecule has 0 amide bonds. The SMILES string of the molecule is COC1(C)CCCC(C)(CI)OO1. The van der Waals surface area contributed by atoms with Crippen molar-refractivity contribution in [3.63, 3.8) is 0 Å². The van der Waals surface area contributed by atoms with Crippen molar-refractivity contribution in [1.29, 1.82) is 0 Å². The Kier molecular flexibility index (Phi) is 3.97. The van der Waals surface area contributed by atoms with Gasteiger partial charge in [-0.2, -0.15) is 0 Å². The summed E-state index contributed by atoms with van der Waals surface area (Å²) in [6, 6.07) is 0. The highest BCUT2D eigenvalue weighted by atomic mass is 127. The van der Waals surface area contributed by atoms with Crippen molar-refractivity contribution in [1.82, 2.24) is 0 Å². The number of ether oxygens (including phenoxy) is 1. The molecule has 1 saturated heterocycles. The molecule has 4 heteroatoms. The van der Waals surface area contributed by atoms with Gasteiger partial charge in [0.2, 0.25) is 0 Å². The Morgan fingerprint density at radius 2 is 2.00 bits per heavy atom. The maximum atomic E-state index is 5.41. The fourth-order valence-corrected chi connectivity index (χ4v) is 1.79. The van der Waals surface area contributed by atoms with Crippen LogP contribution in [0.3, 0.4) is 0 Å². The Balaban J connectivity index is 2.58. The summed E-state index contributed by atoms with van der Waals surface area (Å²) in [5.74, 6) is -0.566. The third kappa shape index (κ3) is 3.04. The van der Waals surface area contributed by atoms with Gasteiger partial charge in [0, 0.05) is 18.0 Å². The monoisotopic (exact) mass is 300 g/mol. The summed E-state index contributed by atoms with van der Waals surface area (Å²) in [6.45, 7) is 3.98. The molecular formula is C9H17IO3. The van der Waals surface area contributed by atoms with Crippen LogP contribution in [-0.2, 0) is 14.5 Å². The zero-order valence-electron chi connectivity index (χ0n) is 8.43. The van der Waals surface area contributed by atoms with Gasteiger partial charge in [-0.1, -0.05) is 22.6 Å². The van der Waals surface area contributed by atoms with Crippen molar-refractivity contribution in [2.24, 2.45) is 0 Å². The predicted molar refractivity (Wildman–Crippen MR) is 58.7 cm³/mol. The van der Waals surface area contributed by atoms with Gasteiger partial charge in [0.05, 0.1) is 0 Å². The van der Waals surface area contributed by atoms with E-state index in [2.05, 4.69) is 29.5 Å². The molecule has 0 aromatic rings. The summed E-state index contributed by atoms with van der Waals surface area (Å²) in [5, 5.41) is 0. The molecule has 0 radical (unpaired) electrons. The largest absolute Gasteiger partial charge is 0.351 e. The maximum absolute atomic E-state index is 5.41. The minimum absolute atomic E-state index is 0.156. The average molecular weight is 300 g/mol. The normalized spacial score (nSPS) is 41.5. The quantitative estimate of drug-likeness (QED) is 0.446. The number of halogens is 1. The van der Waals surface area contributed by atoms with Crippen LogP contribution in [0.15, 0.2) is 0 Å². The molecule has 1 fully saturated rings. The zero-order chi connectivity index (χ0) is 9.95. The van der Waals surface area contributed by atoms with Crippen molar-refractivity contribution < 1.29 is 14.5 Å². The van der Waals surface area contributed by atoms with E-state index in [1.807, 2.05) is 6.92 Å². The first-order valence-electron chi connectivity index (χ1n) is 4.52. The Morgan fingerprint density at radius 3 is 2.54 bits per heavy atom. The second kappa shape index (κ2) is 4.42. The summed E-state index contributed by atoms with van der Waals surface area (Å²) in [4.78, 5) is 10.7. The van der Waals surface area contributed by atoms with E-state index >= 15 is 0 Å². The van der Waals surface area contributed by atoms with Gasteiger partial charge in [0.25, 0.3) is 0 Å².